The van der Waals surface area contributed by atoms with Gasteiger partial charge in [0.05, 0.1) is 0 Å². The number of halogens is 2. The molecule has 1 aromatic heterocycles. The molecule has 0 aliphatic carbocycles. The summed E-state index contributed by atoms with van der Waals surface area (Å²) in [5.74, 6) is 0.470. The number of carbonyl (C=O) groups is 1. The average molecular weight is 396 g/mol. The second-order valence-electron chi connectivity index (χ2n) is 4.76. The number of nitrogens with zero attached hydrogens (tertiary/aromatic N) is 2. The molecule has 0 atom stereocenters. The fourth-order valence-corrected chi connectivity index (χ4v) is 3.98. The highest BCUT2D eigenvalue weighted by atomic mass is 35.5. The molecule has 0 saturated carbocycles. The van der Waals surface area contributed by atoms with E-state index in [-0.39, 0.29) is 5.91 Å². The third kappa shape index (κ3) is 4.70. The summed E-state index contributed by atoms with van der Waals surface area (Å²) in [4.78, 5) is 12.1. The van der Waals surface area contributed by atoms with Gasteiger partial charge in [-0.2, -0.15) is 0 Å². The van der Waals surface area contributed by atoms with Crippen molar-refractivity contribution in [2.24, 2.45) is 0 Å². The zero-order chi connectivity index (χ0) is 16.9. The summed E-state index contributed by atoms with van der Waals surface area (Å²) >= 11 is 14.7. The summed E-state index contributed by atoms with van der Waals surface area (Å²) in [6, 6.07) is 14.4. The predicted octanol–water partition coefficient (Wildman–Crippen LogP) is 5.39. The summed E-state index contributed by atoms with van der Waals surface area (Å²) in [5, 5.41) is 12.5. The quantitative estimate of drug-likeness (QED) is 0.464. The summed E-state index contributed by atoms with van der Waals surface area (Å²) < 4.78 is 0.774. The van der Waals surface area contributed by atoms with Crippen molar-refractivity contribution in [1.29, 1.82) is 0 Å². The summed E-state index contributed by atoms with van der Waals surface area (Å²) in [6.07, 6.45) is 0. The number of aromatic nitrogens is 2. The third-order valence-electron chi connectivity index (χ3n) is 2.97. The Hall–Kier alpha value is -1.60. The minimum absolute atomic E-state index is 0.264. The van der Waals surface area contributed by atoms with Gasteiger partial charge in [0.25, 0.3) is 5.91 Å². The smallest absolute Gasteiger partial charge is 0.257 e. The first-order valence-electron chi connectivity index (χ1n) is 6.88. The SMILES string of the molecule is O=C(Nc1nnc(SCc2cccc(Cl)c2)s1)c1cccc(Cl)c1. The zero-order valence-electron chi connectivity index (χ0n) is 12.2. The number of rotatable bonds is 5. The van der Waals surface area contributed by atoms with Crippen LogP contribution >= 0.6 is 46.3 Å². The highest BCUT2D eigenvalue weighted by Gasteiger charge is 2.11. The van der Waals surface area contributed by atoms with E-state index in [1.165, 1.54) is 11.3 Å². The number of carbonyl (C=O) groups excluding carboxylic acids is 1. The second kappa shape index (κ2) is 7.98. The van der Waals surface area contributed by atoms with E-state index in [0.717, 1.165) is 15.7 Å². The molecular weight excluding hydrogens is 385 g/mol. The van der Waals surface area contributed by atoms with E-state index in [2.05, 4.69) is 15.5 Å². The summed E-state index contributed by atoms with van der Waals surface area (Å²) in [6.45, 7) is 0. The van der Waals surface area contributed by atoms with Crippen molar-refractivity contribution < 1.29 is 4.79 Å². The Labute approximate surface area is 157 Å². The van der Waals surface area contributed by atoms with Crippen LogP contribution in [0.4, 0.5) is 5.13 Å². The minimum atomic E-state index is -0.264. The first-order chi connectivity index (χ1) is 11.6. The fourth-order valence-electron chi connectivity index (χ4n) is 1.89. The number of nitrogens with one attached hydrogen (secondary N) is 1. The molecule has 0 aliphatic rings. The topological polar surface area (TPSA) is 54.9 Å². The normalized spacial score (nSPS) is 10.6. The maximum absolute atomic E-state index is 12.1. The van der Waals surface area contributed by atoms with E-state index >= 15 is 0 Å². The molecule has 0 unspecified atom stereocenters. The molecule has 8 heteroatoms. The molecule has 0 spiro atoms. The summed E-state index contributed by atoms with van der Waals surface area (Å²) in [7, 11) is 0. The number of hydrogen-bond donors (Lipinski definition) is 1. The Morgan fingerprint density at radius 1 is 1.08 bits per heavy atom. The van der Waals surface area contributed by atoms with Gasteiger partial charge >= 0.3 is 0 Å². The average Bonchev–Trinajstić information content (AvgIpc) is 3.00. The molecule has 3 aromatic rings. The van der Waals surface area contributed by atoms with Crippen LogP contribution in [0.5, 0.6) is 0 Å². The Morgan fingerprint density at radius 2 is 1.83 bits per heavy atom. The Kier molecular flexibility index (Phi) is 5.73. The van der Waals surface area contributed by atoms with Gasteiger partial charge in [-0.05, 0) is 35.9 Å². The van der Waals surface area contributed by atoms with Crippen molar-refractivity contribution >= 4 is 57.3 Å². The Balaban J connectivity index is 1.60. The monoisotopic (exact) mass is 395 g/mol. The maximum Gasteiger partial charge on any atom is 0.257 e. The maximum atomic E-state index is 12.1. The van der Waals surface area contributed by atoms with Crippen LogP contribution in [0.3, 0.4) is 0 Å². The van der Waals surface area contributed by atoms with Crippen molar-refractivity contribution in [3.05, 3.63) is 69.7 Å². The van der Waals surface area contributed by atoms with Crippen LogP contribution in [0.2, 0.25) is 10.0 Å². The van der Waals surface area contributed by atoms with Crippen molar-refractivity contribution in [3.63, 3.8) is 0 Å². The molecule has 3 rings (SSSR count). The number of anilines is 1. The standard InChI is InChI=1S/C16H11Cl2N3OS2/c17-12-5-1-3-10(7-12)9-23-16-21-20-15(24-16)19-14(22)11-4-2-6-13(18)8-11/h1-8H,9H2,(H,19,20,22). The number of benzene rings is 2. The molecule has 24 heavy (non-hydrogen) atoms. The van der Waals surface area contributed by atoms with Crippen LogP contribution < -0.4 is 5.32 Å². The van der Waals surface area contributed by atoms with Gasteiger partial charge in [0, 0.05) is 21.4 Å². The van der Waals surface area contributed by atoms with E-state index in [1.54, 1.807) is 36.0 Å². The molecule has 0 radical (unpaired) electrons. The molecule has 0 saturated heterocycles. The first kappa shape index (κ1) is 17.2. The first-order valence-corrected chi connectivity index (χ1v) is 9.43. The van der Waals surface area contributed by atoms with Crippen LogP contribution in [-0.4, -0.2) is 16.1 Å². The van der Waals surface area contributed by atoms with Crippen molar-refractivity contribution in [2.75, 3.05) is 5.32 Å². The molecule has 4 nitrogen and oxygen atoms in total. The van der Waals surface area contributed by atoms with E-state index in [0.29, 0.717) is 20.7 Å². The van der Waals surface area contributed by atoms with E-state index in [9.17, 15) is 4.79 Å². The van der Waals surface area contributed by atoms with E-state index in [4.69, 9.17) is 23.2 Å². The molecule has 1 heterocycles. The van der Waals surface area contributed by atoms with Crippen molar-refractivity contribution in [2.45, 2.75) is 10.1 Å². The van der Waals surface area contributed by atoms with Gasteiger partial charge in [-0.3, -0.25) is 10.1 Å². The Bertz CT molecular complexity index is 870. The second-order valence-corrected chi connectivity index (χ2v) is 7.83. The third-order valence-corrected chi connectivity index (χ3v) is 5.48. The van der Waals surface area contributed by atoms with Gasteiger partial charge < -0.3 is 0 Å². The van der Waals surface area contributed by atoms with Crippen LogP contribution in [0, 0.1) is 0 Å². The van der Waals surface area contributed by atoms with Crippen LogP contribution in [0.15, 0.2) is 52.9 Å². The minimum Gasteiger partial charge on any atom is -0.296 e. The highest BCUT2D eigenvalue weighted by molar-refractivity contribution is 8.00. The molecular formula is C16H11Cl2N3OS2. The van der Waals surface area contributed by atoms with Gasteiger partial charge in [0.1, 0.15) is 0 Å². The lowest BCUT2D eigenvalue weighted by Gasteiger charge is -2.01. The number of thioether (sulfide) groups is 1. The lowest BCUT2D eigenvalue weighted by atomic mass is 10.2. The highest BCUT2D eigenvalue weighted by Crippen LogP contribution is 2.29. The molecule has 2 aromatic carbocycles. The molecule has 0 bridgehead atoms. The lowest BCUT2D eigenvalue weighted by molar-refractivity contribution is 0.102. The molecule has 122 valence electrons. The lowest BCUT2D eigenvalue weighted by Crippen LogP contribution is -2.11. The molecule has 1 amide bonds. The predicted molar refractivity (Wildman–Crippen MR) is 100 cm³/mol. The van der Waals surface area contributed by atoms with E-state index < -0.39 is 0 Å². The van der Waals surface area contributed by atoms with Gasteiger partial charge in [0.2, 0.25) is 5.13 Å². The van der Waals surface area contributed by atoms with Gasteiger partial charge in [-0.1, -0.05) is 64.5 Å². The van der Waals surface area contributed by atoms with Crippen LogP contribution in [-0.2, 0) is 5.75 Å². The van der Waals surface area contributed by atoms with Crippen molar-refractivity contribution in [3.8, 4) is 0 Å². The number of hydrogen-bond acceptors (Lipinski definition) is 5. The Morgan fingerprint density at radius 3 is 2.58 bits per heavy atom. The molecule has 0 fully saturated rings. The van der Waals surface area contributed by atoms with Gasteiger partial charge in [0.15, 0.2) is 4.34 Å². The zero-order valence-corrected chi connectivity index (χ0v) is 15.3. The van der Waals surface area contributed by atoms with Crippen molar-refractivity contribution in [1.82, 2.24) is 10.2 Å². The van der Waals surface area contributed by atoms with E-state index in [1.807, 2.05) is 24.3 Å². The van der Waals surface area contributed by atoms with Crippen LogP contribution in [0.1, 0.15) is 15.9 Å². The largest absolute Gasteiger partial charge is 0.296 e. The number of amides is 1. The summed E-state index contributed by atoms with van der Waals surface area (Å²) in [5.41, 5.74) is 1.58. The van der Waals surface area contributed by atoms with Gasteiger partial charge in [-0.25, -0.2) is 0 Å². The molecule has 1 N–H and O–H groups in total. The molecule has 0 aliphatic heterocycles. The van der Waals surface area contributed by atoms with Gasteiger partial charge in [-0.15, -0.1) is 10.2 Å². The van der Waals surface area contributed by atoms with Crippen LogP contribution in [0.25, 0.3) is 0 Å². The fraction of sp³-hybridized carbons (Fsp3) is 0.0625.